The Balaban J connectivity index is 1.95. The van der Waals surface area contributed by atoms with Crippen LogP contribution in [-0.4, -0.2) is 14.2 Å². The van der Waals surface area contributed by atoms with Crippen molar-refractivity contribution in [2.75, 3.05) is 5.32 Å². The molecule has 0 amide bonds. The first kappa shape index (κ1) is 16.1. The Morgan fingerprint density at radius 1 is 0.962 bits per heavy atom. The van der Waals surface area contributed by atoms with Gasteiger partial charge in [-0.2, -0.15) is 0 Å². The zero-order valence-electron chi connectivity index (χ0n) is 15.0. The summed E-state index contributed by atoms with van der Waals surface area (Å²) < 4.78 is 4.98. The van der Waals surface area contributed by atoms with E-state index in [1.54, 1.807) is 19.8 Å². The van der Waals surface area contributed by atoms with Crippen LogP contribution in [0, 0.1) is 13.8 Å². The maximum atomic E-state index is 13.2. The van der Waals surface area contributed by atoms with Crippen LogP contribution in [0.1, 0.15) is 11.1 Å². The maximum Gasteiger partial charge on any atom is 0.374 e. The molecule has 0 fully saturated rings. The molecule has 6 nitrogen and oxygen atoms in total. The Kier molecular flexibility index (Phi) is 3.80. The van der Waals surface area contributed by atoms with Gasteiger partial charge in [-0.1, -0.05) is 39.9 Å². The quantitative estimate of drug-likeness (QED) is 0.580. The summed E-state index contributed by atoms with van der Waals surface area (Å²) in [6.45, 7) is 4.06. The zero-order chi connectivity index (χ0) is 18.3. The molecule has 0 saturated heterocycles. The van der Waals surface area contributed by atoms with E-state index >= 15 is 0 Å². The van der Waals surface area contributed by atoms with Gasteiger partial charge in [-0.25, -0.2) is 9.13 Å². The fraction of sp³-hybridized carbons (Fsp3) is 0.150. The number of aryl methyl sites for hydroxylation is 3. The van der Waals surface area contributed by atoms with Crippen molar-refractivity contribution in [2.24, 2.45) is 7.05 Å². The minimum absolute atomic E-state index is 0.133. The molecule has 26 heavy (non-hydrogen) atoms. The van der Waals surface area contributed by atoms with E-state index in [9.17, 15) is 4.79 Å². The first-order valence-corrected chi connectivity index (χ1v) is 8.44. The van der Waals surface area contributed by atoms with Gasteiger partial charge in [0.2, 0.25) is 0 Å². The van der Waals surface area contributed by atoms with Gasteiger partial charge < -0.3 is 5.32 Å². The standard InChI is InChI=1S/C20H19N5O/c1-14-4-8-16(9-5-14)21-20-22-24-13-12-23(3)18(24)19(26)25(20)17-10-6-15(2)7-11-17/h4-13H,1-3H3/p+1. The molecule has 2 aromatic carbocycles. The van der Waals surface area contributed by atoms with Gasteiger partial charge in [0.05, 0.1) is 12.7 Å². The van der Waals surface area contributed by atoms with E-state index < -0.39 is 0 Å². The Morgan fingerprint density at radius 3 is 2.23 bits per heavy atom. The zero-order valence-corrected chi connectivity index (χ0v) is 15.0. The molecule has 0 saturated carbocycles. The van der Waals surface area contributed by atoms with Gasteiger partial charge in [0, 0.05) is 5.69 Å². The van der Waals surface area contributed by atoms with Gasteiger partial charge in [-0.3, -0.25) is 4.79 Å². The minimum atomic E-state index is -0.133. The number of fused-ring (bicyclic) bond motifs is 1. The molecule has 0 aliphatic heterocycles. The molecule has 2 aromatic heterocycles. The van der Waals surface area contributed by atoms with E-state index in [2.05, 4.69) is 10.4 Å². The lowest BCUT2D eigenvalue weighted by molar-refractivity contribution is -0.645. The molecule has 0 atom stereocenters. The topological polar surface area (TPSA) is 55.2 Å². The van der Waals surface area contributed by atoms with Crippen molar-refractivity contribution < 1.29 is 4.57 Å². The van der Waals surface area contributed by atoms with Gasteiger partial charge in [-0.15, -0.1) is 0 Å². The highest BCUT2D eigenvalue weighted by molar-refractivity contribution is 5.57. The van der Waals surface area contributed by atoms with Crippen LogP contribution in [0.15, 0.2) is 65.7 Å². The number of nitrogens with one attached hydrogen (secondary N) is 1. The maximum absolute atomic E-state index is 13.2. The van der Waals surface area contributed by atoms with Crippen LogP contribution in [0.3, 0.4) is 0 Å². The lowest BCUT2D eigenvalue weighted by atomic mass is 10.2. The second-order valence-electron chi connectivity index (χ2n) is 6.47. The van der Waals surface area contributed by atoms with Crippen molar-refractivity contribution in [1.29, 1.82) is 0 Å². The predicted molar refractivity (Wildman–Crippen MR) is 101 cm³/mol. The molecule has 4 aromatic rings. The van der Waals surface area contributed by atoms with Crippen LogP contribution in [0.4, 0.5) is 11.6 Å². The Morgan fingerprint density at radius 2 is 1.58 bits per heavy atom. The molecular weight excluding hydrogens is 326 g/mol. The van der Waals surface area contributed by atoms with Crippen LogP contribution in [0.2, 0.25) is 0 Å². The summed E-state index contributed by atoms with van der Waals surface area (Å²) in [4.78, 5) is 13.2. The molecule has 0 spiro atoms. The lowest BCUT2D eigenvalue weighted by Crippen LogP contribution is -2.36. The third-order valence-corrected chi connectivity index (χ3v) is 4.39. The molecule has 0 aliphatic carbocycles. The summed E-state index contributed by atoms with van der Waals surface area (Å²) >= 11 is 0. The number of imidazole rings is 1. The Hall–Kier alpha value is -3.41. The average Bonchev–Trinajstić information content (AvgIpc) is 2.99. The van der Waals surface area contributed by atoms with Gasteiger partial charge in [0.15, 0.2) is 6.20 Å². The second-order valence-corrected chi connectivity index (χ2v) is 6.47. The number of benzene rings is 2. The molecule has 0 unspecified atom stereocenters. The van der Waals surface area contributed by atoms with Crippen molar-refractivity contribution in [3.05, 3.63) is 82.4 Å². The van der Waals surface area contributed by atoms with Crippen molar-refractivity contribution in [3.8, 4) is 5.69 Å². The number of hydrogen-bond acceptors (Lipinski definition) is 3. The Bertz CT molecular complexity index is 1140. The van der Waals surface area contributed by atoms with Gasteiger partial charge >= 0.3 is 11.2 Å². The normalized spacial score (nSPS) is 11.0. The molecule has 130 valence electrons. The van der Waals surface area contributed by atoms with Crippen LogP contribution < -0.4 is 15.4 Å². The third kappa shape index (κ3) is 2.75. The van der Waals surface area contributed by atoms with E-state index in [1.807, 2.05) is 75.6 Å². The molecule has 2 heterocycles. The van der Waals surface area contributed by atoms with Crippen LogP contribution in [0.5, 0.6) is 0 Å². The van der Waals surface area contributed by atoms with Crippen molar-refractivity contribution >= 4 is 17.3 Å². The highest BCUT2D eigenvalue weighted by Gasteiger charge is 2.21. The van der Waals surface area contributed by atoms with E-state index in [-0.39, 0.29) is 5.56 Å². The predicted octanol–water partition coefficient (Wildman–Crippen LogP) is 2.67. The smallest absolute Gasteiger partial charge is 0.322 e. The fourth-order valence-corrected chi connectivity index (χ4v) is 2.92. The van der Waals surface area contributed by atoms with Crippen molar-refractivity contribution in [2.45, 2.75) is 13.8 Å². The molecule has 6 heteroatoms. The summed E-state index contributed by atoms with van der Waals surface area (Å²) in [6.07, 6.45) is 3.59. The first-order valence-electron chi connectivity index (χ1n) is 8.44. The molecule has 0 bridgehead atoms. The van der Waals surface area contributed by atoms with Gasteiger partial charge in [0.1, 0.15) is 6.20 Å². The number of rotatable bonds is 3. The second kappa shape index (κ2) is 6.15. The van der Waals surface area contributed by atoms with Crippen LogP contribution in [-0.2, 0) is 7.05 Å². The summed E-state index contributed by atoms with van der Waals surface area (Å²) in [5.74, 6) is 0.464. The summed E-state index contributed by atoms with van der Waals surface area (Å²) in [5, 5.41) is 7.90. The lowest BCUT2D eigenvalue weighted by Gasteiger charge is -2.12. The number of aromatic nitrogens is 4. The van der Waals surface area contributed by atoms with Crippen molar-refractivity contribution in [3.63, 3.8) is 0 Å². The van der Waals surface area contributed by atoms with Gasteiger partial charge in [-0.05, 0) is 43.2 Å². The highest BCUT2D eigenvalue weighted by Crippen LogP contribution is 2.18. The molecule has 4 rings (SSSR count). The first-order chi connectivity index (χ1) is 12.5. The highest BCUT2D eigenvalue weighted by atomic mass is 16.1. The number of hydrogen-bond donors (Lipinski definition) is 1. The van der Waals surface area contributed by atoms with Crippen LogP contribution >= 0.6 is 0 Å². The molecule has 1 N–H and O–H groups in total. The summed E-state index contributed by atoms with van der Waals surface area (Å²) in [7, 11) is 1.84. The van der Waals surface area contributed by atoms with Crippen molar-refractivity contribution in [1.82, 2.24) is 14.2 Å². The molecule has 0 aliphatic rings. The monoisotopic (exact) mass is 346 g/mol. The third-order valence-electron chi connectivity index (χ3n) is 4.39. The SMILES string of the molecule is Cc1ccc(Nc2nn3cc[n+](C)c3c(=O)n2-c2ccc(C)cc2)cc1. The fourth-order valence-electron chi connectivity index (χ4n) is 2.92. The number of anilines is 2. The van der Waals surface area contributed by atoms with Crippen LogP contribution in [0.25, 0.3) is 11.3 Å². The minimum Gasteiger partial charge on any atom is -0.322 e. The average molecular weight is 346 g/mol. The van der Waals surface area contributed by atoms with E-state index in [1.165, 1.54) is 5.56 Å². The van der Waals surface area contributed by atoms with E-state index in [4.69, 9.17) is 0 Å². The molecule has 0 radical (unpaired) electrons. The Labute approximate surface area is 151 Å². The van der Waals surface area contributed by atoms with E-state index in [0.717, 1.165) is 16.9 Å². The largest absolute Gasteiger partial charge is 0.374 e. The number of nitrogens with zero attached hydrogens (tertiary/aromatic N) is 4. The van der Waals surface area contributed by atoms with E-state index in [0.29, 0.717) is 11.6 Å². The summed E-state index contributed by atoms with van der Waals surface area (Å²) in [5.41, 5.74) is 4.32. The summed E-state index contributed by atoms with van der Waals surface area (Å²) in [6, 6.07) is 15.8. The molecular formula is C20H20N5O+. The van der Waals surface area contributed by atoms with Gasteiger partial charge in [0.25, 0.3) is 5.95 Å².